The molecule has 4 aromatic rings. The van der Waals surface area contributed by atoms with E-state index in [-0.39, 0.29) is 36.8 Å². The average Bonchev–Trinajstić information content (AvgIpc) is 3.36. The Hall–Kier alpha value is -5.11. The van der Waals surface area contributed by atoms with Gasteiger partial charge in [0.25, 0.3) is 5.56 Å². The normalized spacial score (nSPS) is 14.8. The second-order valence-corrected chi connectivity index (χ2v) is 9.74. The van der Waals surface area contributed by atoms with Gasteiger partial charge in [0.05, 0.1) is 42.9 Å². The lowest BCUT2D eigenvalue weighted by Gasteiger charge is -2.31. The second kappa shape index (κ2) is 11.3. The fourth-order valence-electron chi connectivity index (χ4n) is 5.18. The van der Waals surface area contributed by atoms with Crippen LogP contribution < -0.4 is 21.9 Å². The van der Waals surface area contributed by atoms with Crippen LogP contribution in [0, 0.1) is 34.5 Å². The van der Waals surface area contributed by atoms with Gasteiger partial charge < -0.3 is 10.6 Å². The Bertz CT molecular complexity index is 1860. The number of imidazole rings is 1. The van der Waals surface area contributed by atoms with Crippen molar-refractivity contribution in [2.45, 2.75) is 45.4 Å². The molecular formula is C30H28N8O2. The van der Waals surface area contributed by atoms with Crippen LogP contribution in [-0.4, -0.2) is 37.8 Å². The van der Waals surface area contributed by atoms with Gasteiger partial charge in [0, 0.05) is 19.1 Å². The molecule has 5 rings (SSSR count). The molecule has 0 bridgehead atoms. The predicted molar refractivity (Wildman–Crippen MR) is 152 cm³/mol. The summed E-state index contributed by atoms with van der Waals surface area (Å²) in [5.74, 6) is 6.46. The molecule has 0 amide bonds. The highest BCUT2D eigenvalue weighted by Gasteiger charge is 2.27. The van der Waals surface area contributed by atoms with Crippen LogP contribution in [0.5, 0.6) is 0 Å². The summed E-state index contributed by atoms with van der Waals surface area (Å²) in [6, 6.07) is 18.2. The van der Waals surface area contributed by atoms with Crippen LogP contribution >= 0.6 is 0 Å². The first-order valence-electron chi connectivity index (χ1n) is 13.1. The lowest BCUT2D eigenvalue weighted by Crippen LogP contribution is -2.44. The summed E-state index contributed by atoms with van der Waals surface area (Å²) >= 11 is 0. The second-order valence-electron chi connectivity index (χ2n) is 9.74. The molecule has 1 aliphatic rings. The van der Waals surface area contributed by atoms with E-state index in [2.05, 4.69) is 24.0 Å². The van der Waals surface area contributed by atoms with Gasteiger partial charge >= 0.3 is 5.69 Å². The molecule has 10 heteroatoms. The molecule has 0 spiro atoms. The highest BCUT2D eigenvalue weighted by atomic mass is 16.2. The quantitative estimate of drug-likeness (QED) is 0.376. The number of hydrogen-bond acceptors (Lipinski definition) is 7. The number of nitrogens with two attached hydrogens (primary N) is 1. The first kappa shape index (κ1) is 26.5. The fourth-order valence-corrected chi connectivity index (χ4v) is 5.18. The minimum atomic E-state index is -0.578. The zero-order valence-corrected chi connectivity index (χ0v) is 22.2. The van der Waals surface area contributed by atoms with Crippen LogP contribution in [0.25, 0.3) is 11.2 Å². The maximum Gasteiger partial charge on any atom is 0.333 e. The van der Waals surface area contributed by atoms with E-state index in [0.29, 0.717) is 41.3 Å². The molecule has 1 atom stereocenters. The largest absolute Gasteiger partial charge is 0.341 e. The lowest BCUT2D eigenvalue weighted by molar-refractivity contribution is 0.496. The molecule has 1 saturated heterocycles. The summed E-state index contributed by atoms with van der Waals surface area (Å²) < 4.78 is 4.33. The molecule has 40 heavy (non-hydrogen) atoms. The van der Waals surface area contributed by atoms with Gasteiger partial charge in [-0.25, -0.2) is 4.79 Å². The zero-order valence-electron chi connectivity index (χ0n) is 22.2. The number of piperidine rings is 1. The number of nitrogens with zero attached hydrogens (tertiary/aromatic N) is 7. The molecular weight excluding hydrogens is 504 g/mol. The summed E-state index contributed by atoms with van der Waals surface area (Å²) in [6.07, 6.45) is 1.77. The van der Waals surface area contributed by atoms with Crippen molar-refractivity contribution in [3.05, 3.63) is 91.6 Å². The van der Waals surface area contributed by atoms with Crippen LogP contribution in [0.4, 0.5) is 5.95 Å². The standard InChI is InChI=1S/C30H28N8O2/c1-2-3-15-36-26-27(34-29(36)35-14-8-13-25(33)20-35)37(18-23-11-6-4-9-21(23)16-31)30(40)38(28(26)39)19-24-12-7-5-10-22(24)17-32/h4-7,9-12,25H,8,13-15,18-20,33H2,1H3/t25-/m1/s1. The number of fused-ring (bicyclic) bond motifs is 1. The molecule has 200 valence electrons. The molecule has 2 aromatic heterocycles. The Kier molecular flexibility index (Phi) is 7.50. The summed E-state index contributed by atoms with van der Waals surface area (Å²) in [6.45, 7) is 3.14. The molecule has 0 aliphatic carbocycles. The van der Waals surface area contributed by atoms with Crippen LogP contribution in [0.3, 0.4) is 0 Å². The van der Waals surface area contributed by atoms with Gasteiger partial charge in [-0.2, -0.15) is 15.5 Å². The van der Waals surface area contributed by atoms with Crippen LogP contribution in [0.15, 0.2) is 58.1 Å². The van der Waals surface area contributed by atoms with E-state index >= 15 is 0 Å². The van der Waals surface area contributed by atoms with Crippen molar-refractivity contribution in [3.8, 4) is 24.0 Å². The summed E-state index contributed by atoms with van der Waals surface area (Å²) in [5, 5.41) is 19.3. The third-order valence-electron chi connectivity index (χ3n) is 7.18. The van der Waals surface area contributed by atoms with Crippen LogP contribution in [0.2, 0.25) is 0 Å². The first-order valence-corrected chi connectivity index (χ1v) is 13.1. The third kappa shape index (κ3) is 4.87. The van der Waals surface area contributed by atoms with Gasteiger partial charge in [0.1, 0.15) is 0 Å². The van der Waals surface area contributed by atoms with Gasteiger partial charge in [-0.1, -0.05) is 42.3 Å². The maximum absolute atomic E-state index is 14.1. The Balaban J connectivity index is 1.81. The molecule has 10 nitrogen and oxygen atoms in total. The smallest absolute Gasteiger partial charge is 0.333 e. The molecule has 1 fully saturated rings. The number of anilines is 1. The number of benzene rings is 2. The SMILES string of the molecule is CC#CCn1c(N2CCC[C@@H](N)C2)nc2c1c(=O)n(Cc1ccccc1C#N)c(=O)n2Cc1ccccc1C#N. The molecule has 3 heterocycles. The number of nitriles is 2. The van der Waals surface area contributed by atoms with Gasteiger partial charge in [0.2, 0.25) is 5.95 Å². The topological polar surface area (TPSA) is 139 Å². The lowest BCUT2D eigenvalue weighted by atomic mass is 10.1. The summed E-state index contributed by atoms with van der Waals surface area (Å²) in [4.78, 5) is 35.0. The molecule has 2 N–H and O–H groups in total. The summed E-state index contributed by atoms with van der Waals surface area (Å²) in [5.41, 5.74) is 7.62. The number of rotatable bonds is 6. The van der Waals surface area contributed by atoms with E-state index in [1.807, 2.05) is 4.90 Å². The fraction of sp³-hybridized carbons (Fsp3) is 0.300. The Morgan fingerprint density at radius 1 is 0.950 bits per heavy atom. The Morgan fingerprint density at radius 3 is 2.17 bits per heavy atom. The van der Waals surface area contributed by atoms with Crippen molar-refractivity contribution in [2.24, 2.45) is 5.73 Å². The Labute approximate surface area is 231 Å². The maximum atomic E-state index is 14.1. The number of aromatic nitrogens is 4. The molecule has 2 aromatic carbocycles. The van der Waals surface area contributed by atoms with E-state index in [4.69, 9.17) is 10.7 Å². The van der Waals surface area contributed by atoms with Gasteiger partial charge in [-0.05, 0) is 43.0 Å². The van der Waals surface area contributed by atoms with Crippen LogP contribution in [0.1, 0.15) is 42.0 Å². The van der Waals surface area contributed by atoms with Gasteiger partial charge in [-0.3, -0.25) is 18.5 Å². The summed E-state index contributed by atoms with van der Waals surface area (Å²) in [7, 11) is 0. The van der Waals surface area contributed by atoms with Crippen molar-refractivity contribution < 1.29 is 0 Å². The Morgan fingerprint density at radius 2 is 1.57 bits per heavy atom. The van der Waals surface area contributed by atoms with E-state index in [0.717, 1.165) is 17.4 Å². The third-order valence-corrected chi connectivity index (χ3v) is 7.18. The van der Waals surface area contributed by atoms with E-state index in [9.17, 15) is 20.1 Å². The van der Waals surface area contributed by atoms with E-state index < -0.39 is 11.2 Å². The van der Waals surface area contributed by atoms with Crippen molar-refractivity contribution in [3.63, 3.8) is 0 Å². The first-order chi connectivity index (χ1) is 19.5. The monoisotopic (exact) mass is 532 g/mol. The molecule has 1 aliphatic heterocycles. The van der Waals surface area contributed by atoms with Crippen molar-refractivity contribution in [2.75, 3.05) is 18.0 Å². The van der Waals surface area contributed by atoms with Crippen LogP contribution in [-0.2, 0) is 19.6 Å². The zero-order chi connectivity index (χ0) is 28.2. The van der Waals surface area contributed by atoms with Gasteiger partial charge in [0.15, 0.2) is 11.2 Å². The van der Waals surface area contributed by atoms with Crippen molar-refractivity contribution in [1.82, 2.24) is 18.7 Å². The average molecular weight is 533 g/mol. The van der Waals surface area contributed by atoms with Crippen molar-refractivity contribution in [1.29, 1.82) is 10.5 Å². The predicted octanol–water partition coefficient (Wildman–Crippen LogP) is 2.15. The highest BCUT2D eigenvalue weighted by molar-refractivity contribution is 5.75. The van der Waals surface area contributed by atoms with Crippen molar-refractivity contribution >= 4 is 17.1 Å². The minimum Gasteiger partial charge on any atom is -0.341 e. The highest BCUT2D eigenvalue weighted by Crippen LogP contribution is 2.24. The number of hydrogen-bond donors (Lipinski definition) is 1. The molecule has 0 unspecified atom stereocenters. The van der Waals surface area contributed by atoms with E-state index in [1.165, 1.54) is 4.57 Å². The molecule has 0 saturated carbocycles. The minimum absolute atomic E-state index is 0.0364. The van der Waals surface area contributed by atoms with E-state index in [1.54, 1.807) is 60.0 Å². The molecule has 0 radical (unpaired) electrons. The van der Waals surface area contributed by atoms with Gasteiger partial charge in [-0.15, -0.1) is 5.92 Å².